The van der Waals surface area contributed by atoms with Crippen LogP contribution in [-0.4, -0.2) is 54.7 Å². The van der Waals surface area contributed by atoms with Crippen molar-refractivity contribution in [2.45, 2.75) is 43.4 Å². The van der Waals surface area contributed by atoms with Crippen molar-refractivity contribution in [3.8, 4) is 0 Å². The molecule has 0 unspecified atom stereocenters. The Bertz CT molecular complexity index is 649. The first-order valence-corrected chi connectivity index (χ1v) is 10.2. The summed E-state index contributed by atoms with van der Waals surface area (Å²) < 4.78 is 26.5. The average Bonchev–Trinajstić information content (AvgIpc) is 3.14. The summed E-state index contributed by atoms with van der Waals surface area (Å²) >= 11 is 0. The van der Waals surface area contributed by atoms with Gasteiger partial charge in [-0.1, -0.05) is 25.7 Å². The van der Waals surface area contributed by atoms with E-state index in [1.807, 2.05) is 4.90 Å². The van der Waals surface area contributed by atoms with Crippen LogP contribution in [0.2, 0.25) is 0 Å². The maximum atomic E-state index is 12.5. The lowest BCUT2D eigenvalue weighted by Gasteiger charge is -2.34. The number of hydrogen-bond acceptors (Lipinski definition) is 4. The highest BCUT2D eigenvalue weighted by atomic mass is 32.2. The van der Waals surface area contributed by atoms with E-state index in [9.17, 15) is 13.2 Å². The number of rotatable bonds is 5. The standard InChI is InChI=1S/C17H25N3O3S/c21-17(8-7-15-4-1-2-5-15)19-10-12-20(13-11-19)24(22,23)16-6-3-9-18-14-16/h3,6,9,14-15H,1-2,4-5,7-8,10-13H2. The predicted octanol–water partition coefficient (Wildman–Crippen LogP) is 1.88. The summed E-state index contributed by atoms with van der Waals surface area (Å²) in [5.74, 6) is 0.876. The van der Waals surface area contributed by atoms with Gasteiger partial charge in [-0.15, -0.1) is 0 Å². The Hall–Kier alpha value is -1.47. The molecule has 24 heavy (non-hydrogen) atoms. The SMILES string of the molecule is O=C(CCC1CCCC1)N1CCN(S(=O)(=O)c2cccnc2)CC1. The fourth-order valence-corrected chi connectivity index (χ4v) is 5.00. The predicted molar refractivity (Wildman–Crippen MR) is 90.8 cm³/mol. The zero-order valence-corrected chi connectivity index (χ0v) is 14.7. The number of sulfonamides is 1. The molecule has 2 heterocycles. The molecule has 2 fully saturated rings. The Kier molecular flexibility index (Phi) is 5.50. The molecule has 0 spiro atoms. The van der Waals surface area contributed by atoms with Crippen LogP contribution in [0.3, 0.4) is 0 Å². The molecule has 1 aromatic rings. The van der Waals surface area contributed by atoms with Crippen LogP contribution >= 0.6 is 0 Å². The van der Waals surface area contributed by atoms with Crippen LogP contribution in [0.5, 0.6) is 0 Å². The van der Waals surface area contributed by atoms with E-state index in [2.05, 4.69) is 4.98 Å². The molecule has 3 rings (SSSR count). The number of carbonyl (C=O) groups is 1. The lowest BCUT2D eigenvalue weighted by molar-refractivity contribution is -0.132. The molecule has 1 aliphatic heterocycles. The highest BCUT2D eigenvalue weighted by molar-refractivity contribution is 7.89. The number of aromatic nitrogens is 1. The van der Waals surface area contributed by atoms with Crippen LogP contribution < -0.4 is 0 Å². The van der Waals surface area contributed by atoms with E-state index >= 15 is 0 Å². The second kappa shape index (κ2) is 7.61. The Morgan fingerprint density at radius 1 is 1.17 bits per heavy atom. The minimum absolute atomic E-state index is 0.167. The van der Waals surface area contributed by atoms with Crippen molar-refractivity contribution >= 4 is 15.9 Å². The fourth-order valence-electron chi connectivity index (χ4n) is 3.61. The largest absolute Gasteiger partial charge is 0.340 e. The van der Waals surface area contributed by atoms with E-state index in [-0.39, 0.29) is 10.8 Å². The Balaban J connectivity index is 1.51. The lowest BCUT2D eigenvalue weighted by atomic mass is 10.0. The Labute approximate surface area is 143 Å². The zero-order valence-electron chi connectivity index (χ0n) is 13.9. The second-order valence-corrected chi connectivity index (χ2v) is 8.60. The Morgan fingerprint density at radius 2 is 1.88 bits per heavy atom. The third kappa shape index (κ3) is 3.95. The molecule has 132 valence electrons. The monoisotopic (exact) mass is 351 g/mol. The van der Waals surface area contributed by atoms with Crippen LogP contribution in [-0.2, 0) is 14.8 Å². The maximum Gasteiger partial charge on any atom is 0.244 e. The van der Waals surface area contributed by atoms with Gasteiger partial charge in [0.25, 0.3) is 0 Å². The molecule has 1 saturated heterocycles. The molecule has 0 bridgehead atoms. The molecule has 0 aromatic carbocycles. The minimum Gasteiger partial charge on any atom is -0.340 e. The average molecular weight is 351 g/mol. The molecule has 1 amide bonds. The normalized spacial score (nSPS) is 20.4. The van der Waals surface area contributed by atoms with Gasteiger partial charge in [0.05, 0.1) is 0 Å². The first-order chi connectivity index (χ1) is 11.6. The first kappa shape index (κ1) is 17.4. The van der Waals surface area contributed by atoms with Crippen LogP contribution in [0.4, 0.5) is 0 Å². The summed E-state index contributed by atoms with van der Waals surface area (Å²) in [5.41, 5.74) is 0. The van der Waals surface area contributed by atoms with Crippen molar-refractivity contribution in [2.75, 3.05) is 26.2 Å². The Morgan fingerprint density at radius 3 is 2.50 bits per heavy atom. The number of hydrogen-bond donors (Lipinski definition) is 0. The molecule has 1 saturated carbocycles. The quantitative estimate of drug-likeness (QED) is 0.812. The zero-order chi connectivity index (χ0) is 17.0. The molecule has 0 atom stereocenters. The molecule has 6 nitrogen and oxygen atoms in total. The van der Waals surface area contributed by atoms with Crippen molar-refractivity contribution in [1.82, 2.24) is 14.2 Å². The van der Waals surface area contributed by atoms with Gasteiger partial charge in [0.1, 0.15) is 4.90 Å². The molecular weight excluding hydrogens is 326 g/mol. The highest BCUT2D eigenvalue weighted by Crippen LogP contribution is 2.28. The summed E-state index contributed by atoms with van der Waals surface area (Å²) in [6, 6.07) is 3.18. The van der Waals surface area contributed by atoms with Crippen LogP contribution in [0, 0.1) is 5.92 Å². The number of carbonyl (C=O) groups excluding carboxylic acids is 1. The summed E-state index contributed by atoms with van der Waals surface area (Å²) in [6.07, 6.45) is 9.60. The van der Waals surface area contributed by atoms with E-state index in [0.29, 0.717) is 38.5 Å². The third-order valence-electron chi connectivity index (χ3n) is 5.10. The van der Waals surface area contributed by atoms with Crippen LogP contribution in [0.25, 0.3) is 0 Å². The van der Waals surface area contributed by atoms with Crippen molar-refractivity contribution < 1.29 is 13.2 Å². The second-order valence-electron chi connectivity index (χ2n) is 6.66. The number of nitrogens with zero attached hydrogens (tertiary/aromatic N) is 3. The molecule has 2 aliphatic rings. The minimum atomic E-state index is -3.50. The van der Waals surface area contributed by atoms with E-state index in [1.54, 1.807) is 18.3 Å². The molecule has 0 radical (unpaired) electrons. The van der Waals surface area contributed by atoms with Gasteiger partial charge in [-0.25, -0.2) is 8.42 Å². The van der Waals surface area contributed by atoms with Crippen LogP contribution in [0.1, 0.15) is 38.5 Å². The molecule has 7 heteroatoms. The first-order valence-electron chi connectivity index (χ1n) is 8.75. The summed E-state index contributed by atoms with van der Waals surface area (Å²) in [5, 5.41) is 0. The third-order valence-corrected chi connectivity index (χ3v) is 6.99. The lowest BCUT2D eigenvalue weighted by Crippen LogP contribution is -2.50. The molecule has 0 N–H and O–H groups in total. The summed E-state index contributed by atoms with van der Waals surface area (Å²) in [6.45, 7) is 1.66. The molecular formula is C17H25N3O3S. The number of pyridine rings is 1. The fraction of sp³-hybridized carbons (Fsp3) is 0.647. The van der Waals surface area contributed by atoms with Crippen LogP contribution in [0.15, 0.2) is 29.4 Å². The van der Waals surface area contributed by atoms with Gasteiger partial charge < -0.3 is 4.90 Å². The van der Waals surface area contributed by atoms with E-state index in [0.717, 1.165) is 6.42 Å². The van der Waals surface area contributed by atoms with E-state index < -0.39 is 10.0 Å². The maximum absolute atomic E-state index is 12.5. The molecule has 1 aliphatic carbocycles. The number of piperazine rings is 1. The van der Waals surface area contributed by atoms with Gasteiger partial charge in [-0.3, -0.25) is 9.78 Å². The summed E-state index contributed by atoms with van der Waals surface area (Å²) in [4.78, 5) is 18.2. The number of amides is 1. The van der Waals surface area contributed by atoms with Crippen molar-refractivity contribution in [3.05, 3.63) is 24.5 Å². The molecule has 1 aromatic heterocycles. The summed E-state index contributed by atoms with van der Waals surface area (Å²) in [7, 11) is -3.50. The smallest absolute Gasteiger partial charge is 0.244 e. The van der Waals surface area contributed by atoms with Gasteiger partial charge in [-0.05, 0) is 24.5 Å². The van der Waals surface area contributed by atoms with Crippen molar-refractivity contribution in [2.24, 2.45) is 5.92 Å². The topological polar surface area (TPSA) is 70.6 Å². The van der Waals surface area contributed by atoms with Gasteiger partial charge >= 0.3 is 0 Å². The van der Waals surface area contributed by atoms with Crippen molar-refractivity contribution in [3.63, 3.8) is 0 Å². The van der Waals surface area contributed by atoms with Crippen molar-refractivity contribution in [1.29, 1.82) is 0 Å². The van der Waals surface area contributed by atoms with Gasteiger partial charge in [0.2, 0.25) is 15.9 Å². The van der Waals surface area contributed by atoms with Gasteiger partial charge in [-0.2, -0.15) is 4.31 Å². The van der Waals surface area contributed by atoms with Gasteiger partial charge in [0, 0.05) is 45.0 Å². The van der Waals surface area contributed by atoms with Gasteiger partial charge in [0.15, 0.2) is 0 Å². The highest BCUT2D eigenvalue weighted by Gasteiger charge is 2.30. The van der Waals surface area contributed by atoms with E-state index in [1.165, 1.54) is 36.2 Å². The van der Waals surface area contributed by atoms with E-state index in [4.69, 9.17) is 0 Å².